The number of hydrogen-bond acceptors (Lipinski definition) is 4. The molecule has 1 amide bonds. The van der Waals surface area contributed by atoms with Gasteiger partial charge in [-0.05, 0) is 41.8 Å². The van der Waals surface area contributed by atoms with Crippen molar-refractivity contribution in [3.05, 3.63) is 69.7 Å². The highest BCUT2D eigenvalue weighted by Crippen LogP contribution is 2.37. The third kappa shape index (κ3) is 5.92. The van der Waals surface area contributed by atoms with Gasteiger partial charge in [-0.1, -0.05) is 47.5 Å². The van der Waals surface area contributed by atoms with E-state index in [4.69, 9.17) is 27.9 Å². The summed E-state index contributed by atoms with van der Waals surface area (Å²) in [7, 11) is 0. The highest BCUT2D eigenvalue weighted by molar-refractivity contribution is 6.30. The topological polar surface area (TPSA) is 49.9 Å². The van der Waals surface area contributed by atoms with Crippen LogP contribution in [0.5, 0.6) is 0 Å². The SMILES string of the molecule is Cl.O=C1C[C@H](C(=O)N2CCCN(Cc3ccc(Cl)cc3)CC2)[C@@H](c2ccc(Cl)cc2)O1. The summed E-state index contributed by atoms with van der Waals surface area (Å²) < 4.78 is 5.50. The molecule has 0 aliphatic carbocycles. The number of cyclic esters (lactones) is 1. The number of nitrogens with zero attached hydrogens (tertiary/aromatic N) is 2. The van der Waals surface area contributed by atoms with Crippen LogP contribution in [0.2, 0.25) is 10.0 Å². The molecule has 0 unspecified atom stereocenters. The van der Waals surface area contributed by atoms with Crippen LogP contribution in [-0.4, -0.2) is 47.9 Å². The zero-order valence-corrected chi connectivity index (χ0v) is 19.3. The van der Waals surface area contributed by atoms with Gasteiger partial charge in [0.25, 0.3) is 0 Å². The number of ether oxygens (including phenoxy) is 1. The van der Waals surface area contributed by atoms with Crippen molar-refractivity contribution in [3.63, 3.8) is 0 Å². The fourth-order valence-electron chi connectivity index (χ4n) is 4.16. The molecule has 31 heavy (non-hydrogen) atoms. The van der Waals surface area contributed by atoms with Crippen LogP contribution in [0.3, 0.4) is 0 Å². The molecule has 0 N–H and O–H groups in total. The minimum atomic E-state index is -0.546. The van der Waals surface area contributed by atoms with Crippen molar-refractivity contribution in [1.29, 1.82) is 0 Å². The Morgan fingerprint density at radius 3 is 2.26 bits per heavy atom. The van der Waals surface area contributed by atoms with Crippen LogP contribution >= 0.6 is 35.6 Å². The number of benzene rings is 2. The second-order valence-corrected chi connectivity index (χ2v) is 8.73. The molecular formula is C23H25Cl3N2O3. The van der Waals surface area contributed by atoms with E-state index in [0.717, 1.165) is 36.6 Å². The molecule has 2 aromatic rings. The largest absolute Gasteiger partial charge is 0.457 e. The molecule has 2 fully saturated rings. The van der Waals surface area contributed by atoms with Gasteiger partial charge in [0, 0.05) is 42.8 Å². The second-order valence-electron chi connectivity index (χ2n) is 7.85. The van der Waals surface area contributed by atoms with Crippen LogP contribution in [0.25, 0.3) is 0 Å². The standard InChI is InChI=1S/C23H24Cl2N2O3.ClH/c24-18-6-2-16(3-7-18)15-26-10-1-11-27(13-12-26)23(29)20-14-21(28)30-22(20)17-4-8-19(25)9-5-17;/h2-9,20,22H,1,10-15H2;1H/t20-,22+;/m0./s1. The maximum atomic E-state index is 13.3. The zero-order chi connectivity index (χ0) is 21.1. The van der Waals surface area contributed by atoms with Crippen LogP contribution in [-0.2, 0) is 20.9 Å². The molecule has 5 nitrogen and oxygen atoms in total. The van der Waals surface area contributed by atoms with Gasteiger partial charge in [-0.2, -0.15) is 0 Å². The van der Waals surface area contributed by atoms with Gasteiger partial charge in [0.15, 0.2) is 0 Å². The Morgan fingerprint density at radius 2 is 1.58 bits per heavy atom. The summed E-state index contributed by atoms with van der Waals surface area (Å²) in [5.41, 5.74) is 2.01. The summed E-state index contributed by atoms with van der Waals surface area (Å²) >= 11 is 11.9. The Balaban J connectivity index is 0.00000272. The Bertz CT molecular complexity index is 905. The fourth-order valence-corrected chi connectivity index (χ4v) is 4.41. The van der Waals surface area contributed by atoms with Crippen molar-refractivity contribution >= 4 is 47.5 Å². The number of esters is 1. The minimum absolute atomic E-state index is 0. The van der Waals surface area contributed by atoms with Crippen molar-refractivity contribution in [1.82, 2.24) is 9.80 Å². The minimum Gasteiger partial charge on any atom is -0.457 e. The van der Waals surface area contributed by atoms with Crippen LogP contribution in [0.4, 0.5) is 0 Å². The van der Waals surface area contributed by atoms with E-state index >= 15 is 0 Å². The number of carbonyl (C=O) groups is 2. The molecule has 2 aromatic carbocycles. The molecular weight excluding hydrogens is 459 g/mol. The first kappa shape index (κ1) is 23.9. The lowest BCUT2D eigenvalue weighted by Crippen LogP contribution is -2.39. The highest BCUT2D eigenvalue weighted by Gasteiger charge is 2.42. The monoisotopic (exact) mass is 482 g/mol. The average Bonchev–Trinajstić information content (AvgIpc) is 2.98. The summed E-state index contributed by atoms with van der Waals surface area (Å²) in [5.74, 6) is -0.817. The van der Waals surface area contributed by atoms with E-state index in [1.165, 1.54) is 5.56 Å². The maximum Gasteiger partial charge on any atom is 0.307 e. The van der Waals surface area contributed by atoms with E-state index in [-0.39, 0.29) is 30.7 Å². The molecule has 8 heteroatoms. The van der Waals surface area contributed by atoms with Gasteiger partial charge in [-0.15, -0.1) is 12.4 Å². The first-order chi connectivity index (χ1) is 14.5. The van der Waals surface area contributed by atoms with Crippen LogP contribution in [0, 0.1) is 5.92 Å². The number of hydrogen-bond donors (Lipinski definition) is 0. The quantitative estimate of drug-likeness (QED) is 0.589. The van der Waals surface area contributed by atoms with Crippen LogP contribution in [0.1, 0.15) is 30.1 Å². The number of carbonyl (C=O) groups excluding carboxylic acids is 2. The summed E-state index contributed by atoms with van der Waals surface area (Å²) in [4.78, 5) is 29.5. The van der Waals surface area contributed by atoms with Crippen molar-refractivity contribution in [2.24, 2.45) is 5.92 Å². The first-order valence-electron chi connectivity index (χ1n) is 10.2. The molecule has 0 aromatic heterocycles. The van der Waals surface area contributed by atoms with Crippen molar-refractivity contribution in [2.75, 3.05) is 26.2 Å². The number of halogens is 3. The summed E-state index contributed by atoms with van der Waals surface area (Å²) in [6.45, 7) is 3.88. The number of rotatable bonds is 4. The second kappa shape index (κ2) is 10.7. The van der Waals surface area contributed by atoms with E-state index in [1.807, 2.05) is 41.3 Å². The Kier molecular flexibility index (Phi) is 8.23. The van der Waals surface area contributed by atoms with Gasteiger partial charge in [0.05, 0.1) is 12.3 Å². The molecule has 2 atom stereocenters. The number of amides is 1. The van der Waals surface area contributed by atoms with Gasteiger partial charge in [0.2, 0.25) is 5.91 Å². The van der Waals surface area contributed by atoms with Crippen molar-refractivity contribution < 1.29 is 14.3 Å². The fraction of sp³-hybridized carbons (Fsp3) is 0.391. The Labute approximate surface area is 198 Å². The average molecular weight is 484 g/mol. The van der Waals surface area contributed by atoms with Crippen LogP contribution in [0.15, 0.2) is 48.5 Å². The molecule has 166 valence electrons. The van der Waals surface area contributed by atoms with E-state index in [0.29, 0.717) is 18.1 Å². The lowest BCUT2D eigenvalue weighted by molar-refractivity contribution is -0.142. The molecule has 2 aliphatic rings. The highest BCUT2D eigenvalue weighted by atomic mass is 35.5. The van der Waals surface area contributed by atoms with Gasteiger partial charge >= 0.3 is 5.97 Å². The predicted molar refractivity (Wildman–Crippen MR) is 124 cm³/mol. The first-order valence-corrected chi connectivity index (χ1v) is 11.0. The molecule has 4 rings (SSSR count). The van der Waals surface area contributed by atoms with Crippen LogP contribution < -0.4 is 0 Å². The van der Waals surface area contributed by atoms with E-state index in [2.05, 4.69) is 4.90 Å². The molecule has 2 aliphatic heterocycles. The molecule has 0 radical (unpaired) electrons. The molecule has 2 saturated heterocycles. The van der Waals surface area contributed by atoms with E-state index < -0.39 is 12.0 Å². The van der Waals surface area contributed by atoms with Gasteiger partial charge < -0.3 is 9.64 Å². The van der Waals surface area contributed by atoms with E-state index in [1.54, 1.807) is 12.1 Å². The normalized spacial score (nSPS) is 21.9. The summed E-state index contributed by atoms with van der Waals surface area (Å²) in [6.07, 6.45) is 0.472. The van der Waals surface area contributed by atoms with Crippen molar-refractivity contribution in [3.8, 4) is 0 Å². The van der Waals surface area contributed by atoms with Gasteiger partial charge in [-0.3, -0.25) is 14.5 Å². The molecule has 0 bridgehead atoms. The summed E-state index contributed by atoms with van der Waals surface area (Å²) in [6, 6.07) is 15.0. The Hall–Kier alpha value is -1.79. The molecule has 0 saturated carbocycles. The lowest BCUT2D eigenvalue weighted by atomic mass is 9.93. The van der Waals surface area contributed by atoms with Gasteiger partial charge in [0.1, 0.15) is 6.10 Å². The predicted octanol–water partition coefficient (Wildman–Crippen LogP) is 4.75. The molecule has 0 spiro atoms. The Morgan fingerprint density at radius 1 is 0.935 bits per heavy atom. The van der Waals surface area contributed by atoms with Crippen molar-refractivity contribution in [2.45, 2.75) is 25.5 Å². The lowest BCUT2D eigenvalue weighted by Gasteiger charge is -2.26. The van der Waals surface area contributed by atoms with Gasteiger partial charge in [-0.25, -0.2) is 0 Å². The maximum absolute atomic E-state index is 13.3. The van der Waals surface area contributed by atoms with E-state index in [9.17, 15) is 9.59 Å². The molecule has 2 heterocycles. The zero-order valence-electron chi connectivity index (χ0n) is 17.0. The third-order valence-electron chi connectivity index (χ3n) is 5.75. The third-order valence-corrected chi connectivity index (χ3v) is 6.25. The summed E-state index contributed by atoms with van der Waals surface area (Å²) in [5, 5.41) is 1.34. The smallest absolute Gasteiger partial charge is 0.307 e.